The van der Waals surface area contributed by atoms with Crippen LogP contribution in [0.2, 0.25) is 5.15 Å². The SMILES string of the molecule is Cc1cc(C)c(C(=O)[C@@H](C)OC(=O)c2ccc(Cl)nc2)cc1C. The first kappa shape index (κ1) is 17.2. The molecule has 2 aromatic rings. The molecular formula is C18H18ClNO3. The largest absolute Gasteiger partial charge is 0.451 e. The molecule has 0 N–H and O–H groups in total. The minimum Gasteiger partial charge on any atom is -0.451 e. The fourth-order valence-corrected chi connectivity index (χ4v) is 2.34. The minimum absolute atomic E-state index is 0.221. The second-order valence-corrected chi connectivity index (χ2v) is 5.92. The van der Waals surface area contributed by atoms with Crippen LogP contribution in [0.3, 0.4) is 0 Å². The Labute approximate surface area is 140 Å². The fraction of sp³-hybridized carbons (Fsp3) is 0.278. The van der Waals surface area contributed by atoms with E-state index >= 15 is 0 Å². The summed E-state index contributed by atoms with van der Waals surface area (Å²) >= 11 is 5.68. The summed E-state index contributed by atoms with van der Waals surface area (Å²) in [6.45, 7) is 7.38. The van der Waals surface area contributed by atoms with E-state index in [0.29, 0.717) is 5.56 Å². The number of benzene rings is 1. The van der Waals surface area contributed by atoms with Crippen LogP contribution in [0.5, 0.6) is 0 Å². The van der Waals surface area contributed by atoms with Crippen LogP contribution >= 0.6 is 11.6 Å². The smallest absolute Gasteiger partial charge is 0.340 e. The monoisotopic (exact) mass is 331 g/mol. The molecule has 4 nitrogen and oxygen atoms in total. The number of ether oxygens (including phenoxy) is 1. The third-order valence-corrected chi connectivity index (χ3v) is 3.95. The van der Waals surface area contributed by atoms with Crippen LogP contribution in [-0.4, -0.2) is 22.8 Å². The maximum absolute atomic E-state index is 12.5. The van der Waals surface area contributed by atoms with Crippen molar-refractivity contribution in [1.82, 2.24) is 4.98 Å². The summed E-state index contributed by atoms with van der Waals surface area (Å²) in [5, 5.41) is 0.288. The van der Waals surface area contributed by atoms with Crippen LogP contribution in [0.25, 0.3) is 0 Å². The Morgan fingerprint density at radius 1 is 1.09 bits per heavy atom. The van der Waals surface area contributed by atoms with Crippen LogP contribution < -0.4 is 0 Å². The lowest BCUT2D eigenvalue weighted by Gasteiger charge is -2.15. The number of esters is 1. The number of Topliss-reactive ketones (excluding diaryl/α,β-unsaturated/α-hetero) is 1. The molecule has 120 valence electrons. The topological polar surface area (TPSA) is 56.3 Å². The molecule has 0 saturated heterocycles. The van der Waals surface area contributed by atoms with Crippen LogP contribution in [0.4, 0.5) is 0 Å². The second-order valence-electron chi connectivity index (χ2n) is 5.53. The Kier molecular flexibility index (Phi) is 5.16. The van der Waals surface area contributed by atoms with E-state index in [2.05, 4.69) is 4.98 Å². The first-order valence-electron chi connectivity index (χ1n) is 7.24. The van der Waals surface area contributed by atoms with Gasteiger partial charge in [-0.15, -0.1) is 0 Å². The lowest BCUT2D eigenvalue weighted by molar-refractivity contribution is 0.0318. The third-order valence-electron chi connectivity index (χ3n) is 3.72. The van der Waals surface area contributed by atoms with Crippen LogP contribution in [0.1, 0.15) is 44.3 Å². The Morgan fingerprint density at radius 2 is 1.74 bits per heavy atom. The quantitative estimate of drug-likeness (QED) is 0.481. The Hall–Kier alpha value is -2.20. The van der Waals surface area contributed by atoms with Gasteiger partial charge in [0, 0.05) is 11.8 Å². The molecule has 1 aromatic heterocycles. The number of rotatable bonds is 4. The van der Waals surface area contributed by atoms with Crippen molar-refractivity contribution in [1.29, 1.82) is 0 Å². The third kappa shape index (κ3) is 3.96. The van der Waals surface area contributed by atoms with E-state index in [1.165, 1.54) is 18.3 Å². The highest BCUT2D eigenvalue weighted by Gasteiger charge is 2.22. The highest BCUT2D eigenvalue weighted by atomic mass is 35.5. The molecule has 0 unspecified atom stereocenters. The first-order chi connectivity index (χ1) is 10.8. The lowest BCUT2D eigenvalue weighted by atomic mass is 9.96. The van der Waals surface area contributed by atoms with Crippen molar-refractivity contribution in [2.75, 3.05) is 0 Å². The Morgan fingerprint density at radius 3 is 2.35 bits per heavy atom. The zero-order valence-electron chi connectivity index (χ0n) is 13.5. The summed E-state index contributed by atoms with van der Waals surface area (Å²) in [5.74, 6) is -0.822. The number of hydrogen-bond donors (Lipinski definition) is 0. The van der Waals surface area contributed by atoms with Crippen LogP contribution in [0.15, 0.2) is 30.5 Å². The van der Waals surface area contributed by atoms with Gasteiger partial charge >= 0.3 is 5.97 Å². The standard InChI is InChI=1S/C18H18ClNO3/c1-10-7-12(3)15(8-11(10)2)17(21)13(4)23-18(22)14-5-6-16(19)20-9-14/h5-9,13H,1-4H3/t13-/m1/s1. The molecule has 1 aromatic carbocycles. The van der Waals surface area contributed by atoms with Crippen molar-refractivity contribution in [2.45, 2.75) is 33.8 Å². The number of pyridine rings is 1. The summed E-state index contributed by atoms with van der Waals surface area (Å²) in [7, 11) is 0. The summed E-state index contributed by atoms with van der Waals surface area (Å²) in [5.41, 5.74) is 3.85. The van der Waals surface area contributed by atoms with E-state index < -0.39 is 12.1 Å². The van der Waals surface area contributed by atoms with Gasteiger partial charge in [0.25, 0.3) is 0 Å². The van der Waals surface area contributed by atoms with Gasteiger partial charge < -0.3 is 4.74 Å². The zero-order valence-corrected chi connectivity index (χ0v) is 14.3. The summed E-state index contributed by atoms with van der Waals surface area (Å²) in [6.07, 6.45) is 0.447. The molecule has 0 saturated carbocycles. The molecule has 0 radical (unpaired) electrons. The van der Waals surface area contributed by atoms with Gasteiger partial charge in [0.05, 0.1) is 5.56 Å². The molecular weight excluding hydrogens is 314 g/mol. The molecule has 2 rings (SSSR count). The molecule has 0 fully saturated rings. The second kappa shape index (κ2) is 6.92. The number of nitrogens with zero attached hydrogens (tertiary/aromatic N) is 1. The van der Waals surface area contributed by atoms with E-state index in [1.54, 1.807) is 6.92 Å². The lowest BCUT2D eigenvalue weighted by Crippen LogP contribution is -2.25. The van der Waals surface area contributed by atoms with Gasteiger partial charge in [-0.3, -0.25) is 4.79 Å². The highest BCUT2D eigenvalue weighted by molar-refractivity contribution is 6.29. The highest BCUT2D eigenvalue weighted by Crippen LogP contribution is 2.18. The molecule has 1 heterocycles. The van der Waals surface area contributed by atoms with Gasteiger partial charge in [-0.25, -0.2) is 9.78 Å². The van der Waals surface area contributed by atoms with E-state index in [-0.39, 0.29) is 16.5 Å². The molecule has 5 heteroatoms. The predicted octanol–water partition coefficient (Wildman–Crippen LogP) is 4.09. The van der Waals surface area contributed by atoms with E-state index in [9.17, 15) is 9.59 Å². The molecule has 0 amide bonds. The molecule has 0 aliphatic rings. The molecule has 0 bridgehead atoms. The molecule has 0 aliphatic heterocycles. The van der Waals surface area contributed by atoms with Gasteiger partial charge in [-0.1, -0.05) is 17.7 Å². The van der Waals surface area contributed by atoms with Crippen molar-refractivity contribution in [3.05, 3.63) is 63.4 Å². The van der Waals surface area contributed by atoms with Crippen molar-refractivity contribution in [2.24, 2.45) is 0 Å². The number of aryl methyl sites for hydroxylation is 3. The maximum atomic E-state index is 12.5. The number of carbonyl (C=O) groups excluding carboxylic acids is 2. The van der Waals surface area contributed by atoms with Crippen LogP contribution in [0, 0.1) is 20.8 Å². The maximum Gasteiger partial charge on any atom is 0.340 e. The van der Waals surface area contributed by atoms with Crippen molar-refractivity contribution in [3.63, 3.8) is 0 Å². The number of halogens is 1. The Balaban J connectivity index is 2.15. The number of aromatic nitrogens is 1. The minimum atomic E-state index is -0.876. The molecule has 0 aliphatic carbocycles. The van der Waals surface area contributed by atoms with Crippen molar-refractivity contribution >= 4 is 23.4 Å². The van der Waals surface area contributed by atoms with Gasteiger partial charge in [-0.2, -0.15) is 0 Å². The van der Waals surface area contributed by atoms with E-state index in [0.717, 1.165) is 16.7 Å². The van der Waals surface area contributed by atoms with Crippen molar-refractivity contribution < 1.29 is 14.3 Å². The van der Waals surface area contributed by atoms with Gasteiger partial charge in [0.2, 0.25) is 5.78 Å². The number of ketones is 1. The van der Waals surface area contributed by atoms with Crippen molar-refractivity contribution in [3.8, 4) is 0 Å². The molecule has 23 heavy (non-hydrogen) atoms. The number of carbonyl (C=O) groups is 2. The first-order valence-corrected chi connectivity index (χ1v) is 7.62. The van der Waals surface area contributed by atoms with Gasteiger partial charge in [0.1, 0.15) is 5.15 Å². The summed E-state index contributed by atoms with van der Waals surface area (Å²) < 4.78 is 5.25. The van der Waals surface area contributed by atoms with Crippen LogP contribution in [-0.2, 0) is 4.74 Å². The fourth-order valence-electron chi connectivity index (χ4n) is 2.22. The van der Waals surface area contributed by atoms with Gasteiger partial charge in [-0.05, 0) is 62.6 Å². The summed E-state index contributed by atoms with van der Waals surface area (Å²) in [4.78, 5) is 28.4. The van der Waals surface area contributed by atoms with E-state index in [1.807, 2.05) is 32.9 Å². The number of hydrogen-bond acceptors (Lipinski definition) is 4. The Bertz CT molecular complexity index is 754. The molecule has 0 spiro atoms. The average molecular weight is 332 g/mol. The van der Waals surface area contributed by atoms with E-state index in [4.69, 9.17) is 16.3 Å². The molecule has 1 atom stereocenters. The van der Waals surface area contributed by atoms with Gasteiger partial charge in [0.15, 0.2) is 6.10 Å². The zero-order chi connectivity index (χ0) is 17.1. The predicted molar refractivity (Wildman–Crippen MR) is 89.1 cm³/mol. The normalized spacial score (nSPS) is 11.9. The summed E-state index contributed by atoms with van der Waals surface area (Å²) in [6, 6.07) is 6.80. The average Bonchev–Trinajstić information content (AvgIpc) is 2.50.